The van der Waals surface area contributed by atoms with Gasteiger partial charge in [0.05, 0.1) is 26.6 Å². The number of amidine groups is 1. The smallest absolute Gasteiger partial charge is 0.133 e. The zero-order chi connectivity index (χ0) is 18.4. The monoisotopic (exact) mass is 377 g/mol. The fraction of sp³-hybridized carbons (Fsp3) is 0.333. The van der Waals surface area contributed by atoms with Gasteiger partial charge >= 0.3 is 0 Å². The largest absolute Gasteiger partial charge is 0.368 e. The minimum absolute atomic E-state index is 0.851. The molecule has 0 bridgehead atoms. The molecule has 0 spiro atoms. The number of thiazole rings is 1. The van der Waals surface area contributed by atoms with E-state index in [0.717, 1.165) is 60.3 Å². The van der Waals surface area contributed by atoms with Gasteiger partial charge in [-0.25, -0.2) is 9.98 Å². The van der Waals surface area contributed by atoms with E-state index in [2.05, 4.69) is 76.3 Å². The Morgan fingerprint density at radius 2 is 1.93 bits per heavy atom. The summed E-state index contributed by atoms with van der Waals surface area (Å²) in [4.78, 5) is 16.6. The number of aliphatic imine (C=N–C) groups is 1. The molecule has 3 aliphatic rings. The number of rotatable bonds is 2. The summed E-state index contributed by atoms with van der Waals surface area (Å²) >= 11 is 1.74. The molecule has 1 saturated heterocycles. The van der Waals surface area contributed by atoms with Gasteiger partial charge < -0.3 is 14.7 Å². The van der Waals surface area contributed by atoms with E-state index in [1.165, 1.54) is 10.4 Å². The molecule has 0 unspecified atom stereocenters. The van der Waals surface area contributed by atoms with Gasteiger partial charge in [-0.1, -0.05) is 6.07 Å². The lowest BCUT2D eigenvalue weighted by molar-refractivity contribution is 0.188. The van der Waals surface area contributed by atoms with Gasteiger partial charge in [0, 0.05) is 44.5 Å². The van der Waals surface area contributed by atoms with Gasteiger partial charge in [-0.15, -0.1) is 11.3 Å². The number of aromatic nitrogens is 1. The van der Waals surface area contributed by atoms with Crippen LogP contribution in [0.15, 0.2) is 53.3 Å². The van der Waals surface area contributed by atoms with Crippen molar-refractivity contribution < 1.29 is 0 Å². The molecule has 27 heavy (non-hydrogen) atoms. The van der Waals surface area contributed by atoms with E-state index < -0.39 is 0 Å². The number of hydrogen-bond donors (Lipinski definition) is 0. The van der Waals surface area contributed by atoms with Crippen molar-refractivity contribution in [1.29, 1.82) is 0 Å². The standard InChI is InChI=1S/C21H23N5S/c1-15-22-19-13-16(3-5-20(19)27-15)18-7-8-26-14-17(4-6-21(26)23-18)25-11-9-24(2)10-12-25/h3-7,13-14H,8-12H2,1-2H3. The minimum atomic E-state index is 0.851. The molecule has 0 N–H and O–H groups in total. The molecule has 1 aromatic heterocycles. The Morgan fingerprint density at radius 3 is 2.78 bits per heavy atom. The number of allylic oxidation sites excluding steroid dienone is 1. The van der Waals surface area contributed by atoms with Gasteiger partial charge in [-0.3, -0.25) is 0 Å². The van der Waals surface area contributed by atoms with Crippen LogP contribution < -0.4 is 0 Å². The first-order chi connectivity index (χ1) is 13.2. The molecular weight excluding hydrogens is 354 g/mol. The second-order valence-electron chi connectivity index (χ2n) is 7.30. The van der Waals surface area contributed by atoms with Crippen molar-refractivity contribution in [1.82, 2.24) is 19.7 Å². The summed E-state index contributed by atoms with van der Waals surface area (Å²) in [5.41, 5.74) is 4.53. The number of hydrogen-bond acceptors (Lipinski definition) is 6. The maximum atomic E-state index is 4.90. The Hall–Kier alpha value is -2.44. The molecule has 0 saturated carbocycles. The lowest BCUT2D eigenvalue weighted by atomic mass is 10.1. The maximum absolute atomic E-state index is 4.90. The molecular formula is C21H23N5S. The lowest BCUT2D eigenvalue weighted by Gasteiger charge is -2.37. The maximum Gasteiger partial charge on any atom is 0.133 e. The average Bonchev–Trinajstić information content (AvgIpc) is 3.07. The molecule has 2 aromatic rings. The molecule has 0 radical (unpaired) electrons. The Kier molecular flexibility index (Phi) is 4.10. The van der Waals surface area contributed by atoms with Gasteiger partial charge in [0.25, 0.3) is 0 Å². The third-order valence-corrected chi connectivity index (χ3v) is 6.31. The van der Waals surface area contributed by atoms with Crippen LogP contribution in [0.2, 0.25) is 0 Å². The van der Waals surface area contributed by atoms with E-state index in [0.29, 0.717) is 0 Å². The summed E-state index contributed by atoms with van der Waals surface area (Å²) in [6, 6.07) is 6.47. The van der Waals surface area contributed by atoms with Gasteiger partial charge in [-0.2, -0.15) is 0 Å². The molecule has 5 rings (SSSR count). The molecule has 0 aliphatic carbocycles. The fourth-order valence-electron chi connectivity index (χ4n) is 3.76. The van der Waals surface area contributed by atoms with Gasteiger partial charge in [-0.05, 0) is 44.3 Å². The molecule has 5 nitrogen and oxygen atoms in total. The van der Waals surface area contributed by atoms with Crippen LogP contribution in [-0.2, 0) is 0 Å². The van der Waals surface area contributed by atoms with Crippen molar-refractivity contribution in [2.24, 2.45) is 4.99 Å². The third kappa shape index (κ3) is 3.19. The van der Waals surface area contributed by atoms with Gasteiger partial charge in [0.1, 0.15) is 5.84 Å². The molecule has 1 fully saturated rings. The van der Waals surface area contributed by atoms with Crippen molar-refractivity contribution in [3.05, 3.63) is 58.9 Å². The Balaban J connectivity index is 1.37. The van der Waals surface area contributed by atoms with E-state index in [1.807, 2.05) is 0 Å². The zero-order valence-corrected chi connectivity index (χ0v) is 16.5. The highest BCUT2D eigenvalue weighted by atomic mass is 32.1. The fourth-order valence-corrected chi connectivity index (χ4v) is 4.57. The van der Waals surface area contributed by atoms with Crippen LogP contribution in [0.4, 0.5) is 0 Å². The SMILES string of the molecule is Cc1nc2cc(C3=CCN4C=C(N5CCN(C)CC5)C=CC4=N3)ccc2s1. The van der Waals surface area contributed by atoms with Crippen LogP contribution in [0, 0.1) is 6.92 Å². The summed E-state index contributed by atoms with van der Waals surface area (Å²) in [6.45, 7) is 7.31. The number of likely N-dealkylation sites (N-methyl/N-ethyl adjacent to an activating group) is 1. The highest BCUT2D eigenvalue weighted by molar-refractivity contribution is 7.18. The van der Waals surface area contributed by atoms with Crippen molar-refractivity contribution in [2.45, 2.75) is 6.92 Å². The quantitative estimate of drug-likeness (QED) is 0.804. The van der Waals surface area contributed by atoms with Crippen LogP contribution in [0.3, 0.4) is 0 Å². The van der Waals surface area contributed by atoms with Crippen molar-refractivity contribution >= 4 is 33.1 Å². The Labute approximate surface area is 163 Å². The molecule has 3 aliphatic heterocycles. The van der Waals surface area contributed by atoms with Crippen LogP contribution in [0.25, 0.3) is 15.9 Å². The second-order valence-corrected chi connectivity index (χ2v) is 8.54. The van der Waals surface area contributed by atoms with E-state index in [1.54, 1.807) is 11.3 Å². The van der Waals surface area contributed by atoms with E-state index in [9.17, 15) is 0 Å². The van der Waals surface area contributed by atoms with Crippen LogP contribution >= 0.6 is 11.3 Å². The summed E-state index contributed by atoms with van der Waals surface area (Å²) < 4.78 is 1.24. The molecule has 0 amide bonds. The molecule has 4 heterocycles. The molecule has 138 valence electrons. The second kappa shape index (κ2) is 6.62. The topological polar surface area (TPSA) is 35.0 Å². The number of benzene rings is 1. The van der Waals surface area contributed by atoms with Gasteiger partial charge in [0.2, 0.25) is 0 Å². The zero-order valence-electron chi connectivity index (χ0n) is 15.7. The number of aryl methyl sites for hydroxylation is 1. The number of nitrogens with zero attached hydrogens (tertiary/aromatic N) is 5. The first-order valence-corrected chi connectivity index (χ1v) is 10.2. The normalized spacial score (nSPS) is 20.4. The van der Waals surface area contributed by atoms with Crippen molar-refractivity contribution in [3.8, 4) is 0 Å². The summed E-state index contributed by atoms with van der Waals surface area (Å²) in [5, 5.41) is 1.11. The molecule has 1 aromatic carbocycles. The van der Waals surface area contributed by atoms with E-state index in [-0.39, 0.29) is 0 Å². The summed E-state index contributed by atoms with van der Waals surface area (Å²) in [5.74, 6) is 1.01. The van der Waals surface area contributed by atoms with Crippen LogP contribution in [-0.4, -0.2) is 65.3 Å². The highest BCUT2D eigenvalue weighted by Gasteiger charge is 2.21. The van der Waals surface area contributed by atoms with Crippen LogP contribution in [0.5, 0.6) is 0 Å². The predicted octanol–water partition coefficient (Wildman–Crippen LogP) is 3.32. The lowest BCUT2D eigenvalue weighted by Crippen LogP contribution is -2.44. The summed E-state index contributed by atoms with van der Waals surface area (Å²) in [6.07, 6.45) is 8.80. The first kappa shape index (κ1) is 16.7. The average molecular weight is 378 g/mol. The first-order valence-electron chi connectivity index (χ1n) is 9.42. The predicted molar refractivity (Wildman–Crippen MR) is 113 cm³/mol. The highest BCUT2D eigenvalue weighted by Crippen LogP contribution is 2.28. The van der Waals surface area contributed by atoms with E-state index >= 15 is 0 Å². The van der Waals surface area contributed by atoms with Crippen molar-refractivity contribution in [2.75, 3.05) is 39.8 Å². The van der Waals surface area contributed by atoms with Crippen molar-refractivity contribution in [3.63, 3.8) is 0 Å². The number of fused-ring (bicyclic) bond motifs is 2. The summed E-state index contributed by atoms with van der Waals surface area (Å²) in [7, 11) is 2.19. The third-order valence-electron chi connectivity index (χ3n) is 5.36. The molecule has 0 atom stereocenters. The molecule has 6 heteroatoms. The van der Waals surface area contributed by atoms with E-state index in [4.69, 9.17) is 4.99 Å². The van der Waals surface area contributed by atoms with Crippen LogP contribution in [0.1, 0.15) is 10.6 Å². The number of piperazine rings is 1. The van der Waals surface area contributed by atoms with Gasteiger partial charge in [0.15, 0.2) is 0 Å². The Bertz CT molecular complexity index is 1000. The minimum Gasteiger partial charge on any atom is -0.368 e. The Morgan fingerprint density at radius 1 is 1.07 bits per heavy atom.